The van der Waals surface area contributed by atoms with Gasteiger partial charge in [-0.05, 0) is 62.5 Å². The molecule has 1 atom stereocenters. The zero-order valence-electron chi connectivity index (χ0n) is 12.0. The van der Waals surface area contributed by atoms with Crippen molar-refractivity contribution in [2.24, 2.45) is 5.73 Å². The summed E-state index contributed by atoms with van der Waals surface area (Å²) in [6.45, 7) is 4.36. The summed E-state index contributed by atoms with van der Waals surface area (Å²) in [7, 11) is 1.72. The molecular weight excluding hydrogens is 236 g/mol. The van der Waals surface area contributed by atoms with Crippen molar-refractivity contribution in [1.29, 1.82) is 0 Å². The van der Waals surface area contributed by atoms with Crippen LogP contribution in [0.1, 0.15) is 37.2 Å². The molecule has 3 nitrogen and oxygen atoms in total. The molecule has 0 saturated carbocycles. The van der Waals surface area contributed by atoms with Crippen LogP contribution in [0.4, 0.5) is 0 Å². The van der Waals surface area contributed by atoms with Gasteiger partial charge in [-0.2, -0.15) is 0 Å². The van der Waals surface area contributed by atoms with E-state index in [1.807, 2.05) is 6.07 Å². The Bertz CT molecular complexity index is 375. The number of piperidine rings is 1. The van der Waals surface area contributed by atoms with Crippen LogP contribution in [0.5, 0.6) is 5.75 Å². The Labute approximate surface area is 116 Å². The van der Waals surface area contributed by atoms with Gasteiger partial charge in [0.1, 0.15) is 5.75 Å². The van der Waals surface area contributed by atoms with Gasteiger partial charge < -0.3 is 15.4 Å². The Hall–Kier alpha value is -1.06. The number of likely N-dealkylation sites (tertiary alicyclic amines) is 1. The van der Waals surface area contributed by atoms with E-state index in [4.69, 9.17) is 10.5 Å². The maximum Gasteiger partial charge on any atom is 0.119 e. The molecule has 0 radical (unpaired) electrons. The van der Waals surface area contributed by atoms with Gasteiger partial charge in [0.25, 0.3) is 0 Å². The summed E-state index contributed by atoms with van der Waals surface area (Å²) in [4.78, 5) is 2.59. The number of rotatable bonds is 6. The van der Waals surface area contributed by atoms with Crippen LogP contribution in [0.3, 0.4) is 0 Å². The molecule has 1 aromatic carbocycles. The second-order valence-corrected chi connectivity index (χ2v) is 5.41. The van der Waals surface area contributed by atoms with Gasteiger partial charge in [0.2, 0.25) is 0 Å². The number of methoxy groups -OCH3 is 1. The molecule has 0 aliphatic carbocycles. The molecule has 0 amide bonds. The summed E-state index contributed by atoms with van der Waals surface area (Å²) in [6.07, 6.45) is 5.11. The standard InChI is InChI=1S/C16H26N2O/c1-19-16-7-5-6-14(12-16)15(8-9-17)13-18-10-3-2-4-11-18/h5-7,12,15H,2-4,8-11,13,17H2,1H3. The van der Waals surface area contributed by atoms with Gasteiger partial charge in [-0.15, -0.1) is 0 Å². The molecule has 1 fully saturated rings. The quantitative estimate of drug-likeness (QED) is 0.856. The van der Waals surface area contributed by atoms with Crippen molar-refractivity contribution in [3.8, 4) is 5.75 Å². The van der Waals surface area contributed by atoms with Crippen molar-refractivity contribution >= 4 is 0 Å². The Kier molecular flexibility index (Phi) is 5.67. The van der Waals surface area contributed by atoms with E-state index in [-0.39, 0.29) is 0 Å². The third-order valence-electron chi connectivity index (χ3n) is 4.01. The van der Waals surface area contributed by atoms with Gasteiger partial charge in [-0.1, -0.05) is 18.6 Å². The van der Waals surface area contributed by atoms with Crippen LogP contribution in [-0.4, -0.2) is 38.2 Å². The van der Waals surface area contributed by atoms with Crippen LogP contribution in [0.25, 0.3) is 0 Å². The highest BCUT2D eigenvalue weighted by Gasteiger charge is 2.17. The first-order valence-electron chi connectivity index (χ1n) is 7.40. The summed E-state index contributed by atoms with van der Waals surface area (Å²) < 4.78 is 5.33. The summed E-state index contributed by atoms with van der Waals surface area (Å²) in [6, 6.07) is 8.44. The monoisotopic (exact) mass is 262 g/mol. The van der Waals surface area contributed by atoms with Crippen molar-refractivity contribution in [3.63, 3.8) is 0 Å². The number of hydrogen-bond acceptors (Lipinski definition) is 3. The number of hydrogen-bond donors (Lipinski definition) is 1. The Morgan fingerprint density at radius 3 is 2.74 bits per heavy atom. The first-order valence-corrected chi connectivity index (χ1v) is 7.40. The van der Waals surface area contributed by atoms with Crippen molar-refractivity contribution in [1.82, 2.24) is 4.90 Å². The molecule has 1 heterocycles. The Morgan fingerprint density at radius 1 is 1.26 bits per heavy atom. The normalized spacial score (nSPS) is 18.2. The molecule has 106 valence electrons. The zero-order chi connectivity index (χ0) is 13.5. The average molecular weight is 262 g/mol. The topological polar surface area (TPSA) is 38.5 Å². The number of nitrogens with zero attached hydrogens (tertiary/aromatic N) is 1. The largest absolute Gasteiger partial charge is 0.497 e. The minimum Gasteiger partial charge on any atom is -0.497 e. The van der Waals surface area contributed by atoms with Crippen molar-refractivity contribution in [3.05, 3.63) is 29.8 Å². The summed E-state index contributed by atoms with van der Waals surface area (Å²) in [5, 5.41) is 0. The van der Waals surface area contributed by atoms with Crippen LogP contribution >= 0.6 is 0 Å². The van der Waals surface area contributed by atoms with Crippen LogP contribution < -0.4 is 10.5 Å². The fourth-order valence-electron chi connectivity index (χ4n) is 2.91. The predicted molar refractivity (Wildman–Crippen MR) is 79.7 cm³/mol. The minimum absolute atomic E-state index is 0.526. The molecule has 1 aliphatic rings. The van der Waals surface area contributed by atoms with E-state index < -0.39 is 0 Å². The van der Waals surface area contributed by atoms with Gasteiger partial charge in [0, 0.05) is 6.54 Å². The van der Waals surface area contributed by atoms with E-state index in [1.165, 1.54) is 37.9 Å². The fourth-order valence-corrected chi connectivity index (χ4v) is 2.91. The summed E-state index contributed by atoms with van der Waals surface area (Å²) >= 11 is 0. The molecule has 3 heteroatoms. The molecule has 1 aliphatic heterocycles. The second kappa shape index (κ2) is 7.51. The van der Waals surface area contributed by atoms with Crippen molar-refractivity contribution in [2.45, 2.75) is 31.6 Å². The van der Waals surface area contributed by atoms with Crippen LogP contribution in [0.15, 0.2) is 24.3 Å². The molecule has 0 spiro atoms. The molecule has 19 heavy (non-hydrogen) atoms. The van der Waals surface area contributed by atoms with Gasteiger partial charge in [-0.3, -0.25) is 0 Å². The highest BCUT2D eigenvalue weighted by atomic mass is 16.5. The lowest BCUT2D eigenvalue weighted by atomic mass is 9.94. The molecule has 0 bridgehead atoms. The lowest BCUT2D eigenvalue weighted by Crippen LogP contribution is -2.34. The van der Waals surface area contributed by atoms with Crippen LogP contribution in [-0.2, 0) is 0 Å². The van der Waals surface area contributed by atoms with E-state index >= 15 is 0 Å². The number of nitrogens with two attached hydrogens (primary N) is 1. The smallest absolute Gasteiger partial charge is 0.119 e. The lowest BCUT2D eigenvalue weighted by molar-refractivity contribution is 0.213. The molecule has 1 unspecified atom stereocenters. The minimum atomic E-state index is 0.526. The molecule has 2 rings (SSSR count). The van der Waals surface area contributed by atoms with Crippen LogP contribution in [0, 0.1) is 0 Å². The van der Waals surface area contributed by atoms with E-state index in [2.05, 4.69) is 23.1 Å². The average Bonchev–Trinajstić information content (AvgIpc) is 2.48. The van der Waals surface area contributed by atoms with E-state index in [0.29, 0.717) is 5.92 Å². The first kappa shape index (κ1) is 14.4. The number of ether oxygens (including phenoxy) is 1. The summed E-state index contributed by atoms with van der Waals surface area (Å²) in [5.74, 6) is 1.47. The van der Waals surface area contributed by atoms with Crippen molar-refractivity contribution in [2.75, 3.05) is 33.3 Å². The van der Waals surface area contributed by atoms with Gasteiger partial charge in [-0.25, -0.2) is 0 Å². The first-order chi connectivity index (χ1) is 9.33. The molecule has 0 aromatic heterocycles. The van der Waals surface area contributed by atoms with E-state index in [9.17, 15) is 0 Å². The molecule has 1 saturated heterocycles. The van der Waals surface area contributed by atoms with E-state index in [0.717, 1.165) is 25.3 Å². The third-order valence-corrected chi connectivity index (χ3v) is 4.01. The van der Waals surface area contributed by atoms with Gasteiger partial charge in [0.05, 0.1) is 7.11 Å². The maximum atomic E-state index is 5.79. The van der Waals surface area contributed by atoms with E-state index in [1.54, 1.807) is 7.11 Å². The maximum absolute atomic E-state index is 5.79. The molecule has 2 N–H and O–H groups in total. The predicted octanol–water partition coefficient (Wildman–Crippen LogP) is 2.61. The highest BCUT2D eigenvalue weighted by molar-refractivity contribution is 5.31. The molecular formula is C16H26N2O. The zero-order valence-corrected chi connectivity index (χ0v) is 12.0. The lowest BCUT2D eigenvalue weighted by Gasteiger charge is -2.30. The summed E-state index contributed by atoms with van der Waals surface area (Å²) in [5.41, 5.74) is 7.15. The SMILES string of the molecule is COc1cccc(C(CCN)CN2CCCCC2)c1. The second-order valence-electron chi connectivity index (χ2n) is 5.41. The Balaban J connectivity index is 2.04. The Morgan fingerprint density at radius 2 is 2.05 bits per heavy atom. The van der Waals surface area contributed by atoms with Gasteiger partial charge >= 0.3 is 0 Å². The molecule has 1 aromatic rings. The fraction of sp³-hybridized carbons (Fsp3) is 0.625. The number of benzene rings is 1. The van der Waals surface area contributed by atoms with Crippen LogP contribution in [0.2, 0.25) is 0 Å². The van der Waals surface area contributed by atoms with Crippen molar-refractivity contribution < 1.29 is 4.74 Å². The van der Waals surface area contributed by atoms with Gasteiger partial charge in [0.15, 0.2) is 0 Å². The highest BCUT2D eigenvalue weighted by Crippen LogP contribution is 2.25. The third kappa shape index (κ3) is 4.22.